The van der Waals surface area contributed by atoms with E-state index in [1.807, 2.05) is 0 Å². The standard InChI is InChI=1S/C39H31N3/c1-4-16-31-26(10-1)13-7-19-32(31)29-22-24-30(25-23-29)37-40-38(35-20-8-14-27-11-2-5-17-33(27)35)42-39(41-37)36-21-9-15-28-12-3-6-18-34(28)36/h1-5,7-8,10-14,16-17,20-25,32H,6,9,15,18-19H2. The van der Waals surface area contributed by atoms with Crippen LogP contribution in [0.3, 0.4) is 0 Å². The third-order valence-electron chi connectivity index (χ3n) is 8.87. The van der Waals surface area contributed by atoms with Crippen LogP contribution in [-0.4, -0.2) is 15.0 Å². The van der Waals surface area contributed by atoms with Crippen molar-refractivity contribution in [2.45, 2.75) is 38.0 Å². The Morgan fingerprint density at radius 2 is 1.43 bits per heavy atom. The lowest BCUT2D eigenvalue weighted by Crippen LogP contribution is -2.09. The molecule has 0 saturated heterocycles. The zero-order valence-electron chi connectivity index (χ0n) is 23.5. The first-order chi connectivity index (χ1) is 20.8. The number of allylic oxidation sites excluding steroid dienone is 7. The van der Waals surface area contributed by atoms with Crippen molar-refractivity contribution in [3.8, 4) is 22.8 Å². The molecular weight excluding hydrogens is 510 g/mol. The molecule has 0 spiro atoms. The third kappa shape index (κ3) is 4.42. The van der Waals surface area contributed by atoms with Crippen LogP contribution in [0.15, 0.2) is 126 Å². The second-order valence-corrected chi connectivity index (χ2v) is 11.4. The molecule has 8 rings (SSSR count). The Morgan fingerprint density at radius 3 is 2.38 bits per heavy atom. The van der Waals surface area contributed by atoms with Gasteiger partial charge in [0.2, 0.25) is 0 Å². The predicted octanol–water partition coefficient (Wildman–Crippen LogP) is 9.73. The molecule has 0 bridgehead atoms. The van der Waals surface area contributed by atoms with Gasteiger partial charge in [-0.05, 0) is 70.7 Å². The molecule has 1 unspecified atom stereocenters. The van der Waals surface area contributed by atoms with E-state index in [0.29, 0.717) is 5.92 Å². The summed E-state index contributed by atoms with van der Waals surface area (Å²) in [5.41, 5.74) is 10.1. The van der Waals surface area contributed by atoms with Crippen LogP contribution in [-0.2, 0) is 0 Å². The van der Waals surface area contributed by atoms with Crippen molar-refractivity contribution in [1.82, 2.24) is 15.0 Å². The largest absolute Gasteiger partial charge is 0.208 e. The molecule has 1 aromatic heterocycles. The van der Waals surface area contributed by atoms with Crippen LogP contribution >= 0.6 is 0 Å². The molecule has 1 heterocycles. The van der Waals surface area contributed by atoms with Crippen molar-refractivity contribution in [3.63, 3.8) is 0 Å². The molecule has 0 aliphatic heterocycles. The molecule has 1 atom stereocenters. The Kier molecular flexibility index (Phi) is 6.22. The van der Waals surface area contributed by atoms with Crippen LogP contribution in [0.1, 0.15) is 60.5 Å². The highest BCUT2D eigenvalue weighted by Crippen LogP contribution is 2.39. The molecule has 0 saturated carbocycles. The van der Waals surface area contributed by atoms with Gasteiger partial charge in [-0.1, -0.05) is 121 Å². The normalized spacial score (nSPS) is 17.6. The fraction of sp³-hybridized carbons (Fsp3) is 0.154. The Morgan fingerprint density at radius 1 is 0.619 bits per heavy atom. The first-order valence-corrected chi connectivity index (χ1v) is 15.0. The van der Waals surface area contributed by atoms with Gasteiger partial charge in [0.25, 0.3) is 0 Å². The average molecular weight is 542 g/mol. The molecule has 5 aromatic rings. The van der Waals surface area contributed by atoms with Crippen LogP contribution in [0.2, 0.25) is 0 Å². The summed E-state index contributed by atoms with van der Waals surface area (Å²) in [5, 5.41) is 2.34. The highest BCUT2D eigenvalue weighted by molar-refractivity contribution is 5.95. The van der Waals surface area contributed by atoms with Crippen molar-refractivity contribution >= 4 is 22.4 Å². The molecule has 3 nitrogen and oxygen atoms in total. The van der Waals surface area contributed by atoms with Crippen molar-refractivity contribution in [1.29, 1.82) is 0 Å². The Hall–Kier alpha value is -4.89. The number of hydrogen-bond acceptors (Lipinski definition) is 3. The highest BCUT2D eigenvalue weighted by atomic mass is 15.0. The van der Waals surface area contributed by atoms with Crippen LogP contribution in [0, 0.1) is 0 Å². The van der Waals surface area contributed by atoms with Gasteiger partial charge in [0.05, 0.1) is 0 Å². The Balaban J connectivity index is 1.25. The lowest BCUT2D eigenvalue weighted by Gasteiger charge is -2.23. The predicted molar refractivity (Wildman–Crippen MR) is 173 cm³/mol. The second kappa shape index (κ2) is 10.5. The van der Waals surface area contributed by atoms with Crippen molar-refractivity contribution in [3.05, 3.63) is 149 Å². The first-order valence-electron chi connectivity index (χ1n) is 15.0. The summed E-state index contributed by atoms with van der Waals surface area (Å²) >= 11 is 0. The SMILES string of the molecule is C1=CC2=C(CC1)C(c1nc(-c3ccc(C4CC=Cc5ccccc54)cc3)nc(-c3cccc4ccccc34)n1)=CCC2. The van der Waals surface area contributed by atoms with E-state index >= 15 is 0 Å². The summed E-state index contributed by atoms with van der Waals surface area (Å²) in [6.07, 6.45) is 16.7. The van der Waals surface area contributed by atoms with Gasteiger partial charge in [-0.3, -0.25) is 0 Å². The van der Waals surface area contributed by atoms with Gasteiger partial charge < -0.3 is 0 Å². The molecule has 3 heteroatoms. The molecule has 3 aliphatic carbocycles. The molecule has 0 fully saturated rings. The number of rotatable bonds is 4. The van der Waals surface area contributed by atoms with E-state index in [0.717, 1.165) is 66.1 Å². The van der Waals surface area contributed by atoms with Gasteiger partial charge >= 0.3 is 0 Å². The summed E-state index contributed by atoms with van der Waals surface area (Å²) in [6, 6.07) is 32.4. The summed E-state index contributed by atoms with van der Waals surface area (Å²) in [6.45, 7) is 0. The maximum absolute atomic E-state index is 5.15. The van der Waals surface area contributed by atoms with Crippen LogP contribution in [0.5, 0.6) is 0 Å². The van der Waals surface area contributed by atoms with Gasteiger partial charge in [0, 0.05) is 22.6 Å². The fourth-order valence-corrected chi connectivity index (χ4v) is 6.76. The summed E-state index contributed by atoms with van der Waals surface area (Å²) in [7, 11) is 0. The minimum Gasteiger partial charge on any atom is -0.208 e. The minimum atomic E-state index is 0.359. The third-order valence-corrected chi connectivity index (χ3v) is 8.87. The van der Waals surface area contributed by atoms with E-state index in [2.05, 4.69) is 121 Å². The molecule has 4 aromatic carbocycles. The lowest BCUT2D eigenvalue weighted by atomic mass is 9.82. The summed E-state index contributed by atoms with van der Waals surface area (Å²) in [5.74, 6) is 2.58. The number of benzene rings is 4. The smallest absolute Gasteiger partial charge is 0.164 e. The monoisotopic (exact) mass is 541 g/mol. The maximum Gasteiger partial charge on any atom is 0.164 e. The quantitative estimate of drug-likeness (QED) is 0.227. The zero-order chi connectivity index (χ0) is 27.9. The Labute approximate surface area is 246 Å². The van der Waals surface area contributed by atoms with Crippen molar-refractivity contribution in [2.75, 3.05) is 0 Å². The van der Waals surface area contributed by atoms with E-state index in [1.165, 1.54) is 38.8 Å². The van der Waals surface area contributed by atoms with E-state index < -0.39 is 0 Å². The number of nitrogens with zero attached hydrogens (tertiary/aromatic N) is 3. The summed E-state index contributed by atoms with van der Waals surface area (Å²) < 4.78 is 0. The van der Waals surface area contributed by atoms with Gasteiger partial charge in [0.1, 0.15) is 0 Å². The van der Waals surface area contributed by atoms with Crippen molar-refractivity contribution in [2.24, 2.45) is 0 Å². The van der Waals surface area contributed by atoms with Gasteiger partial charge in [-0.25, -0.2) is 15.0 Å². The molecule has 0 amide bonds. The van der Waals surface area contributed by atoms with E-state index in [4.69, 9.17) is 15.0 Å². The highest BCUT2D eigenvalue weighted by Gasteiger charge is 2.23. The molecule has 202 valence electrons. The zero-order valence-corrected chi connectivity index (χ0v) is 23.5. The van der Waals surface area contributed by atoms with Crippen molar-refractivity contribution < 1.29 is 0 Å². The molecular formula is C39H31N3. The molecule has 0 N–H and O–H groups in total. The van der Waals surface area contributed by atoms with Gasteiger partial charge in [-0.15, -0.1) is 0 Å². The molecule has 3 aliphatic rings. The first kappa shape index (κ1) is 24.9. The van der Waals surface area contributed by atoms with Crippen LogP contribution in [0.25, 0.3) is 45.2 Å². The number of aromatic nitrogens is 3. The average Bonchev–Trinajstić information content (AvgIpc) is 3.07. The second-order valence-electron chi connectivity index (χ2n) is 11.4. The maximum atomic E-state index is 5.15. The number of hydrogen-bond donors (Lipinski definition) is 0. The van der Waals surface area contributed by atoms with Crippen LogP contribution in [0.4, 0.5) is 0 Å². The van der Waals surface area contributed by atoms with E-state index in [9.17, 15) is 0 Å². The molecule has 42 heavy (non-hydrogen) atoms. The summed E-state index contributed by atoms with van der Waals surface area (Å²) in [4.78, 5) is 15.4. The fourth-order valence-electron chi connectivity index (χ4n) is 6.76. The van der Waals surface area contributed by atoms with Gasteiger partial charge in [-0.2, -0.15) is 0 Å². The Bertz CT molecular complexity index is 1950. The number of fused-ring (bicyclic) bond motifs is 2. The van der Waals surface area contributed by atoms with Gasteiger partial charge in [0.15, 0.2) is 17.5 Å². The van der Waals surface area contributed by atoms with E-state index in [1.54, 1.807) is 0 Å². The topological polar surface area (TPSA) is 38.7 Å². The van der Waals surface area contributed by atoms with Crippen LogP contribution < -0.4 is 0 Å². The minimum absolute atomic E-state index is 0.359. The van der Waals surface area contributed by atoms with E-state index in [-0.39, 0.29) is 0 Å². The molecule has 0 radical (unpaired) electrons. The lowest BCUT2D eigenvalue weighted by molar-refractivity contribution is 0.819.